The second-order valence-corrected chi connectivity index (χ2v) is 9.12. The Balaban J connectivity index is 1.13. The first-order chi connectivity index (χ1) is 15.9. The number of nitrogens with one attached hydrogen (secondary N) is 1. The quantitative estimate of drug-likeness (QED) is 0.658. The normalized spacial score (nSPS) is 20.9. The Bertz CT molecular complexity index is 1130. The number of carbonyl (C=O) groups is 2. The summed E-state index contributed by atoms with van der Waals surface area (Å²) in [5, 5.41) is 14.0. The molecule has 33 heavy (non-hydrogen) atoms. The lowest BCUT2D eigenvalue weighted by atomic mass is 9.94. The van der Waals surface area contributed by atoms with E-state index in [-0.39, 0.29) is 30.6 Å². The van der Waals surface area contributed by atoms with Gasteiger partial charge in [0.05, 0.1) is 11.7 Å². The highest BCUT2D eigenvalue weighted by Crippen LogP contribution is 2.30. The molecule has 172 valence electrons. The molecule has 0 spiro atoms. The molecule has 1 amide bonds. The molecule has 4 heterocycles. The number of amides is 1. The molecule has 8 nitrogen and oxygen atoms in total. The second kappa shape index (κ2) is 8.68. The van der Waals surface area contributed by atoms with Crippen LogP contribution in [0, 0.1) is 13.8 Å². The fourth-order valence-corrected chi connectivity index (χ4v) is 4.79. The minimum Gasteiger partial charge on any atom is -0.457 e. The van der Waals surface area contributed by atoms with E-state index in [4.69, 9.17) is 4.74 Å². The molecule has 1 aromatic carbocycles. The molecule has 1 fully saturated rings. The van der Waals surface area contributed by atoms with Gasteiger partial charge in [-0.05, 0) is 55.5 Å². The number of nitrogens with zero attached hydrogens (tertiary/aromatic N) is 3. The van der Waals surface area contributed by atoms with E-state index in [0.717, 1.165) is 53.7 Å². The number of fused-ring (bicyclic) bond motifs is 1. The summed E-state index contributed by atoms with van der Waals surface area (Å²) in [6.07, 6.45) is 4.61. The third-order valence-corrected chi connectivity index (χ3v) is 6.92. The minimum absolute atomic E-state index is 0.0873. The Morgan fingerprint density at radius 3 is 2.76 bits per heavy atom. The van der Waals surface area contributed by atoms with Gasteiger partial charge in [0.1, 0.15) is 18.3 Å². The number of aliphatic imine (C=N–C) groups is 1. The number of benzene rings is 1. The van der Waals surface area contributed by atoms with Gasteiger partial charge in [0, 0.05) is 49.2 Å². The zero-order chi connectivity index (χ0) is 23.1. The number of β-amino-alcohol motifs (C(OH)–C–C–N with tert-alkyl or cyclic N) is 1. The largest absolute Gasteiger partial charge is 0.457 e. The van der Waals surface area contributed by atoms with Crippen molar-refractivity contribution in [2.75, 3.05) is 19.6 Å². The summed E-state index contributed by atoms with van der Waals surface area (Å²) >= 11 is 0. The van der Waals surface area contributed by atoms with Crippen LogP contribution in [0.4, 0.5) is 0 Å². The maximum atomic E-state index is 12.7. The van der Waals surface area contributed by atoms with Crippen LogP contribution in [-0.2, 0) is 11.3 Å². The summed E-state index contributed by atoms with van der Waals surface area (Å²) in [6, 6.07) is 5.62. The number of hydrogen-bond acceptors (Lipinski definition) is 7. The Morgan fingerprint density at radius 2 is 2.06 bits per heavy atom. The van der Waals surface area contributed by atoms with Crippen LogP contribution in [0.3, 0.4) is 0 Å². The molecule has 0 bridgehead atoms. The maximum absolute atomic E-state index is 12.7. The molecule has 2 aromatic rings. The van der Waals surface area contributed by atoms with Gasteiger partial charge in [-0.25, -0.2) is 4.79 Å². The number of aryl methyl sites for hydroxylation is 1. The zero-order valence-electron chi connectivity index (χ0n) is 18.9. The van der Waals surface area contributed by atoms with E-state index in [1.165, 1.54) is 0 Å². The van der Waals surface area contributed by atoms with Crippen LogP contribution in [0.1, 0.15) is 73.7 Å². The highest BCUT2D eigenvalue weighted by atomic mass is 16.5. The van der Waals surface area contributed by atoms with Crippen molar-refractivity contribution in [3.8, 4) is 0 Å². The predicted molar refractivity (Wildman–Crippen MR) is 122 cm³/mol. The maximum Gasteiger partial charge on any atom is 0.338 e. The number of hydrogen-bond donors (Lipinski definition) is 2. The summed E-state index contributed by atoms with van der Waals surface area (Å²) < 4.78 is 5.11. The fourth-order valence-electron chi connectivity index (χ4n) is 4.79. The van der Waals surface area contributed by atoms with E-state index >= 15 is 0 Å². The average molecular weight is 449 g/mol. The van der Waals surface area contributed by atoms with Gasteiger partial charge in [0.2, 0.25) is 0 Å². The molecule has 2 N–H and O–H groups in total. The van der Waals surface area contributed by atoms with Gasteiger partial charge < -0.3 is 20.1 Å². The first kappa shape index (κ1) is 21.7. The number of pyridine rings is 1. The first-order valence-corrected chi connectivity index (χ1v) is 11.4. The monoisotopic (exact) mass is 448 g/mol. The van der Waals surface area contributed by atoms with Crippen LogP contribution < -0.4 is 5.32 Å². The molecule has 0 aliphatic carbocycles. The van der Waals surface area contributed by atoms with Crippen molar-refractivity contribution in [2.24, 2.45) is 4.99 Å². The summed E-state index contributed by atoms with van der Waals surface area (Å²) in [5.74, 6) is -0.443. The van der Waals surface area contributed by atoms with Gasteiger partial charge >= 0.3 is 5.97 Å². The van der Waals surface area contributed by atoms with Crippen molar-refractivity contribution >= 4 is 18.1 Å². The van der Waals surface area contributed by atoms with E-state index in [0.29, 0.717) is 17.8 Å². The lowest BCUT2D eigenvalue weighted by Gasteiger charge is -2.33. The number of rotatable bonds is 6. The van der Waals surface area contributed by atoms with Crippen molar-refractivity contribution in [3.63, 3.8) is 0 Å². The smallest absolute Gasteiger partial charge is 0.338 e. The highest BCUT2D eigenvalue weighted by Gasteiger charge is 2.28. The van der Waals surface area contributed by atoms with Crippen LogP contribution >= 0.6 is 0 Å². The SMILES string of the molecule is Cc1cc(C(=O)NC2CCN(C[C@H](O)c3ccc4c(c3C)COC4=O)CC2)ncc1C1C=N1. The summed E-state index contributed by atoms with van der Waals surface area (Å²) in [5.41, 5.74) is 5.75. The topological polar surface area (TPSA) is 104 Å². The zero-order valence-corrected chi connectivity index (χ0v) is 18.9. The number of carbonyl (C=O) groups excluding carboxylic acids is 2. The average Bonchev–Trinajstić information content (AvgIpc) is 3.57. The molecular formula is C25H28N4O4. The number of aliphatic hydroxyl groups excluding tert-OH is 1. The highest BCUT2D eigenvalue weighted by molar-refractivity contribution is 5.94. The van der Waals surface area contributed by atoms with Crippen LogP contribution in [0.25, 0.3) is 0 Å². The Hall–Kier alpha value is -3.10. The number of aliphatic hydroxyl groups is 1. The number of piperidine rings is 1. The van der Waals surface area contributed by atoms with Crippen molar-refractivity contribution < 1.29 is 19.4 Å². The first-order valence-electron chi connectivity index (χ1n) is 11.4. The molecule has 1 unspecified atom stereocenters. The third kappa shape index (κ3) is 4.41. The van der Waals surface area contributed by atoms with Gasteiger partial charge in [-0.15, -0.1) is 0 Å². The van der Waals surface area contributed by atoms with Gasteiger partial charge in [-0.2, -0.15) is 0 Å². The van der Waals surface area contributed by atoms with Crippen molar-refractivity contribution in [1.82, 2.24) is 15.2 Å². The van der Waals surface area contributed by atoms with E-state index in [1.54, 1.807) is 12.3 Å². The molecule has 3 aliphatic heterocycles. The molecule has 8 heteroatoms. The van der Waals surface area contributed by atoms with Gasteiger partial charge in [-0.1, -0.05) is 6.07 Å². The number of cyclic esters (lactones) is 1. The van der Waals surface area contributed by atoms with E-state index in [1.807, 2.05) is 32.2 Å². The van der Waals surface area contributed by atoms with Crippen LogP contribution in [0.5, 0.6) is 0 Å². The van der Waals surface area contributed by atoms with Crippen LogP contribution in [0.2, 0.25) is 0 Å². The van der Waals surface area contributed by atoms with Crippen molar-refractivity contribution in [1.29, 1.82) is 0 Å². The fraction of sp³-hybridized carbons (Fsp3) is 0.440. The molecule has 5 rings (SSSR count). The standard InChI is InChI=1S/C25H28N4O4/c1-14-9-21(26-10-19(14)22-11-27-22)24(31)28-16-5-7-29(8-6-16)12-23(30)17-3-4-18-20(15(17)2)13-33-25(18)32/h3-4,9-11,16,22-23,30H,5-8,12-13H2,1-2H3,(H,28,31)/t22?,23-/m0/s1. The lowest BCUT2D eigenvalue weighted by molar-refractivity contribution is 0.0534. The molecule has 0 radical (unpaired) electrons. The number of aromatic nitrogens is 1. The van der Waals surface area contributed by atoms with E-state index in [2.05, 4.69) is 20.2 Å². The third-order valence-electron chi connectivity index (χ3n) is 6.92. The molecule has 0 saturated carbocycles. The number of likely N-dealkylation sites (tertiary alicyclic amines) is 1. The summed E-state index contributed by atoms with van der Waals surface area (Å²) in [7, 11) is 0. The molecular weight excluding hydrogens is 420 g/mol. The summed E-state index contributed by atoms with van der Waals surface area (Å²) in [4.78, 5) is 35.1. The Labute approximate surface area is 192 Å². The van der Waals surface area contributed by atoms with Crippen molar-refractivity contribution in [2.45, 2.75) is 51.5 Å². The van der Waals surface area contributed by atoms with Gasteiger partial charge in [-0.3, -0.25) is 14.8 Å². The van der Waals surface area contributed by atoms with E-state index in [9.17, 15) is 14.7 Å². The van der Waals surface area contributed by atoms with E-state index < -0.39 is 6.10 Å². The second-order valence-electron chi connectivity index (χ2n) is 9.12. The van der Waals surface area contributed by atoms with Crippen molar-refractivity contribution in [3.05, 3.63) is 63.5 Å². The van der Waals surface area contributed by atoms with Crippen LogP contribution in [0.15, 0.2) is 29.4 Å². The molecule has 1 aromatic heterocycles. The number of ether oxygens (including phenoxy) is 1. The summed E-state index contributed by atoms with van der Waals surface area (Å²) in [6.45, 7) is 6.28. The predicted octanol–water partition coefficient (Wildman–Crippen LogP) is 2.42. The lowest BCUT2D eigenvalue weighted by Crippen LogP contribution is -2.45. The van der Waals surface area contributed by atoms with Gasteiger partial charge in [0.15, 0.2) is 0 Å². The Kier molecular flexibility index (Phi) is 5.72. The van der Waals surface area contributed by atoms with Crippen LogP contribution in [-0.4, -0.2) is 58.8 Å². The molecule has 2 atom stereocenters. The Morgan fingerprint density at radius 1 is 1.30 bits per heavy atom. The van der Waals surface area contributed by atoms with Gasteiger partial charge in [0.25, 0.3) is 5.91 Å². The molecule has 1 saturated heterocycles. The molecule has 3 aliphatic rings. The minimum atomic E-state index is -0.640. The number of esters is 1.